The molecule has 0 amide bonds. The number of carboxylic acid groups (broad SMARTS) is 1. The molecule has 0 atom stereocenters. The number of anilines is 1. The number of carbonyl (C=O) groups is 1. The SMILES string of the molecule is CC(C)(CNc1ccccc1Br)C(=O)O. The molecule has 1 rings (SSSR count). The van der Waals surface area contributed by atoms with Crippen molar-refractivity contribution in [2.24, 2.45) is 5.41 Å². The summed E-state index contributed by atoms with van der Waals surface area (Å²) in [6.45, 7) is 3.78. The minimum absolute atomic E-state index is 0.394. The Morgan fingerprint density at radius 1 is 1.47 bits per heavy atom. The van der Waals surface area contributed by atoms with Gasteiger partial charge >= 0.3 is 5.97 Å². The molecule has 0 heterocycles. The smallest absolute Gasteiger partial charge is 0.310 e. The van der Waals surface area contributed by atoms with E-state index >= 15 is 0 Å². The summed E-state index contributed by atoms with van der Waals surface area (Å²) in [6, 6.07) is 7.64. The van der Waals surface area contributed by atoms with Crippen LogP contribution in [0.3, 0.4) is 0 Å². The minimum atomic E-state index is -0.804. The third kappa shape index (κ3) is 3.23. The Labute approximate surface area is 97.6 Å². The Balaban J connectivity index is 2.66. The van der Waals surface area contributed by atoms with Crippen molar-refractivity contribution in [3.63, 3.8) is 0 Å². The van der Waals surface area contributed by atoms with E-state index in [4.69, 9.17) is 5.11 Å². The Morgan fingerprint density at radius 2 is 2.07 bits per heavy atom. The zero-order valence-corrected chi connectivity index (χ0v) is 10.3. The summed E-state index contributed by atoms with van der Waals surface area (Å²) in [4.78, 5) is 10.9. The molecular weight excluding hydrogens is 258 g/mol. The second kappa shape index (κ2) is 4.66. The van der Waals surface area contributed by atoms with Crippen LogP contribution in [0.25, 0.3) is 0 Å². The lowest BCUT2D eigenvalue weighted by molar-refractivity contribution is -0.146. The molecule has 1 aromatic carbocycles. The van der Waals surface area contributed by atoms with E-state index in [2.05, 4.69) is 21.2 Å². The van der Waals surface area contributed by atoms with Gasteiger partial charge in [-0.05, 0) is 41.9 Å². The molecule has 1 aromatic rings. The van der Waals surface area contributed by atoms with E-state index in [0.717, 1.165) is 10.2 Å². The highest BCUT2D eigenvalue weighted by molar-refractivity contribution is 9.10. The first-order chi connectivity index (χ1) is 6.93. The van der Waals surface area contributed by atoms with Gasteiger partial charge < -0.3 is 10.4 Å². The second-order valence-corrected chi connectivity index (χ2v) is 4.88. The van der Waals surface area contributed by atoms with Crippen molar-refractivity contribution in [2.45, 2.75) is 13.8 Å². The molecule has 3 nitrogen and oxygen atoms in total. The molecule has 0 spiro atoms. The molecule has 0 saturated carbocycles. The number of aliphatic carboxylic acids is 1. The van der Waals surface area contributed by atoms with Gasteiger partial charge in [0, 0.05) is 16.7 Å². The summed E-state index contributed by atoms with van der Waals surface area (Å²) in [5.74, 6) is -0.804. The predicted molar refractivity (Wildman–Crippen MR) is 64.0 cm³/mol. The third-order valence-electron chi connectivity index (χ3n) is 2.17. The van der Waals surface area contributed by atoms with Gasteiger partial charge in [-0.3, -0.25) is 4.79 Å². The van der Waals surface area contributed by atoms with Crippen molar-refractivity contribution in [3.05, 3.63) is 28.7 Å². The number of halogens is 1. The Hall–Kier alpha value is -1.03. The molecule has 0 aromatic heterocycles. The molecule has 0 unspecified atom stereocenters. The molecule has 82 valence electrons. The number of hydrogen-bond donors (Lipinski definition) is 2. The molecular formula is C11H14BrNO2. The van der Waals surface area contributed by atoms with Gasteiger partial charge in [-0.1, -0.05) is 12.1 Å². The molecule has 0 fully saturated rings. The fraction of sp³-hybridized carbons (Fsp3) is 0.364. The number of benzene rings is 1. The molecule has 0 aliphatic rings. The number of nitrogens with one attached hydrogen (secondary N) is 1. The van der Waals surface area contributed by atoms with E-state index in [-0.39, 0.29) is 0 Å². The van der Waals surface area contributed by atoms with Crippen LogP contribution >= 0.6 is 15.9 Å². The van der Waals surface area contributed by atoms with E-state index in [0.29, 0.717) is 6.54 Å². The monoisotopic (exact) mass is 271 g/mol. The number of hydrogen-bond acceptors (Lipinski definition) is 2. The zero-order valence-electron chi connectivity index (χ0n) is 8.75. The van der Waals surface area contributed by atoms with Gasteiger partial charge in [0.15, 0.2) is 0 Å². The minimum Gasteiger partial charge on any atom is -0.481 e. The topological polar surface area (TPSA) is 49.3 Å². The largest absolute Gasteiger partial charge is 0.481 e. The van der Waals surface area contributed by atoms with Crippen molar-refractivity contribution in [2.75, 3.05) is 11.9 Å². The van der Waals surface area contributed by atoms with Gasteiger partial charge in [-0.15, -0.1) is 0 Å². The van der Waals surface area contributed by atoms with E-state index < -0.39 is 11.4 Å². The van der Waals surface area contributed by atoms with Gasteiger partial charge in [0.1, 0.15) is 0 Å². The first-order valence-corrected chi connectivity index (χ1v) is 5.44. The molecule has 0 bridgehead atoms. The Bertz CT molecular complexity index is 363. The lowest BCUT2D eigenvalue weighted by Gasteiger charge is -2.20. The average Bonchev–Trinajstić information content (AvgIpc) is 2.16. The molecule has 15 heavy (non-hydrogen) atoms. The van der Waals surface area contributed by atoms with Crippen molar-refractivity contribution in [3.8, 4) is 0 Å². The summed E-state index contributed by atoms with van der Waals surface area (Å²) in [5, 5.41) is 12.0. The van der Waals surface area contributed by atoms with E-state index in [9.17, 15) is 4.79 Å². The lowest BCUT2D eigenvalue weighted by atomic mass is 9.94. The fourth-order valence-electron chi connectivity index (χ4n) is 0.996. The van der Waals surface area contributed by atoms with Gasteiger partial charge in [0.05, 0.1) is 5.41 Å². The van der Waals surface area contributed by atoms with Crippen LogP contribution in [0.1, 0.15) is 13.8 Å². The summed E-state index contributed by atoms with van der Waals surface area (Å²) in [6.07, 6.45) is 0. The number of carboxylic acids is 1. The molecule has 4 heteroatoms. The first-order valence-electron chi connectivity index (χ1n) is 4.65. The van der Waals surface area contributed by atoms with Crippen LogP contribution in [0, 0.1) is 5.41 Å². The maximum atomic E-state index is 10.9. The molecule has 0 aliphatic heterocycles. The van der Waals surface area contributed by atoms with Gasteiger partial charge in [-0.25, -0.2) is 0 Å². The summed E-state index contributed by atoms with van der Waals surface area (Å²) >= 11 is 3.39. The van der Waals surface area contributed by atoms with Crippen LogP contribution in [-0.2, 0) is 4.79 Å². The maximum absolute atomic E-state index is 10.9. The Morgan fingerprint density at radius 3 is 2.60 bits per heavy atom. The van der Waals surface area contributed by atoms with Crippen LogP contribution in [-0.4, -0.2) is 17.6 Å². The normalized spacial score (nSPS) is 11.1. The molecule has 0 radical (unpaired) electrons. The first kappa shape index (κ1) is 12.0. The maximum Gasteiger partial charge on any atom is 0.310 e. The van der Waals surface area contributed by atoms with Crippen molar-refractivity contribution < 1.29 is 9.90 Å². The van der Waals surface area contributed by atoms with Crippen LogP contribution in [0.5, 0.6) is 0 Å². The van der Waals surface area contributed by atoms with Crippen LogP contribution in [0.2, 0.25) is 0 Å². The molecule has 2 N–H and O–H groups in total. The van der Waals surface area contributed by atoms with Gasteiger partial charge in [0.25, 0.3) is 0 Å². The second-order valence-electron chi connectivity index (χ2n) is 4.02. The fourth-order valence-corrected chi connectivity index (χ4v) is 1.42. The van der Waals surface area contributed by atoms with Crippen LogP contribution in [0.4, 0.5) is 5.69 Å². The third-order valence-corrected chi connectivity index (χ3v) is 2.87. The van der Waals surface area contributed by atoms with Crippen LogP contribution in [0.15, 0.2) is 28.7 Å². The predicted octanol–water partition coefficient (Wildman–Crippen LogP) is 2.97. The van der Waals surface area contributed by atoms with E-state index in [1.54, 1.807) is 13.8 Å². The quantitative estimate of drug-likeness (QED) is 0.885. The number of rotatable bonds is 4. The Kier molecular flexibility index (Phi) is 3.74. The van der Waals surface area contributed by atoms with Gasteiger partial charge in [0.2, 0.25) is 0 Å². The highest BCUT2D eigenvalue weighted by Crippen LogP contribution is 2.23. The van der Waals surface area contributed by atoms with Crippen molar-refractivity contribution in [1.29, 1.82) is 0 Å². The lowest BCUT2D eigenvalue weighted by Crippen LogP contribution is -2.31. The standard InChI is InChI=1S/C11H14BrNO2/c1-11(2,10(14)15)7-13-9-6-4-3-5-8(9)12/h3-6,13H,7H2,1-2H3,(H,14,15). The highest BCUT2D eigenvalue weighted by atomic mass is 79.9. The van der Waals surface area contributed by atoms with Gasteiger partial charge in [-0.2, -0.15) is 0 Å². The average molecular weight is 272 g/mol. The zero-order chi connectivity index (χ0) is 11.5. The van der Waals surface area contributed by atoms with Crippen molar-refractivity contribution in [1.82, 2.24) is 0 Å². The van der Waals surface area contributed by atoms with E-state index in [1.807, 2.05) is 24.3 Å². The van der Waals surface area contributed by atoms with Crippen LogP contribution < -0.4 is 5.32 Å². The summed E-state index contributed by atoms with van der Waals surface area (Å²) < 4.78 is 0.936. The summed E-state index contributed by atoms with van der Waals surface area (Å²) in [5.41, 5.74) is 0.141. The highest BCUT2D eigenvalue weighted by Gasteiger charge is 2.26. The van der Waals surface area contributed by atoms with E-state index in [1.165, 1.54) is 0 Å². The number of para-hydroxylation sites is 1. The summed E-state index contributed by atoms with van der Waals surface area (Å²) in [7, 11) is 0. The molecule has 0 aliphatic carbocycles. The molecule has 0 saturated heterocycles. The van der Waals surface area contributed by atoms with Crippen molar-refractivity contribution >= 4 is 27.6 Å².